The lowest BCUT2D eigenvalue weighted by Crippen LogP contribution is -2.27. The lowest BCUT2D eigenvalue weighted by molar-refractivity contribution is 0.180. The molecule has 0 saturated heterocycles. The molecule has 1 aromatic carbocycles. The molecule has 7 nitrogen and oxygen atoms in total. The second-order valence-corrected chi connectivity index (χ2v) is 9.08. The van der Waals surface area contributed by atoms with Gasteiger partial charge < -0.3 is 19.5 Å². The predicted octanol–water partition coefficient (Wildman–Crippen LogP) is 3.22. The summed E-state index contributed by atoms with van der Waals surface area (Å²) in [5.41, 5.74) is 0.934. The molecule has 0 saturated carbocycles. The van der Waals surface area contributed by atoms with Crippen molar-refractivity contribution in [3.8, 4) is 11.5 Å². The number of aliphatic hydroxyl groups excluding tert-OH is 1. The van der Waals surface area contributed by atoms with E-state index in [-0.39, 0.29) is 23.0 Å². The minimum atomic E-state index is -1.58. The van der Waals surface area contributed by atoms with Gasteiger partial charge in [0.15, 0.2) is 5.15 Å². The number of methoxy groups -OCH3 is 1. The monoisotopic (exact) mass is 411 g/mol. The highest BCUT2D eigenvalue weighted by Gasteiger charge is 2.29. The first-order valence-electron chi connectivity index (χ1n) is 8.16. The maximum Gasteiger partial charge on any atom is 0.151 e. The highest BCUT2D eigenvalue weighted by Crippen LogP contribution is 2.29. The van der Waals surface area contributed by atoms with E-state index < -0.39 is 22.2 Å². The third-order valence-corrected chi connectivity index (χ3v) is 5.25. The molecule has 1 aromatic heterocycles. The SMILES string of the molecule is COc1ccc(/C(CC(O)c2ccc(Cl)nn2)=N/[S@@+]([O-])C(C)(C)C)c(O)c1. The lowest BCUT2D eigenvalue weighted by Gasteiger charge is -2.20. The largest absolute Gasteiger partial charge is 0.591 e. The molecule has 0 aliphatic rings. The molecule has 1 unspecified atom stereocenters. The van der Waals surface area contributed by atoms with Crippen molar-refractivity contribution >= 4 is 28.7 Å². The van der Waals surface area contributed by atoms with Crippen LogP contribution in [0.1, 0.15) is 44.6 Å². The zero-order chi connectivity index (χ0) is 20.2. The van der Waals surface area contributed by atoms with Crippen LogP contribution < -0.4 is 4.74 Å². The van der Waals surface area contributed by atoms with Crippen LogP contribution in [0.3, 0.4) is 0 Å². The third kappa shape index (κ3) is 5.80. The minimum Gasteiger partial charge on any atom is -0.591 e. The molecule has 2 rings (SSSR count). The summed E-state index contributed by atoms with van der Waals surface area (Å²) in [6.07, 6.45) is -1.08. The number of aliphatic hydroxyl groups is 1. The second kappa shape index (κ2) is 8.88. The molecule has 0 aliphatic carbocycles. The first kappa shape index (κ1) is 21.4. The summed E-state index contributed by atoms with van der Waals surface area (Å²) in [6, 6.07) is 7.75. The van der Waals surface area contributed by atoms with Crippen molar-refractivity contribution in [3.05, 3.63) is 46.7 Å². The van der Waals surface area contributed by atoms with E-state index in [0.29, 0.717) is 17.0 Å². The number of phenolic OH excluding ortho intramolecular Hbond substituents is 1. The van der Waals surface area contributed by atoms with Gasteiger partial charge in [0.1, 0.15) is 39.4 Å². The summed E-state index contributed by atoms with van der Waals surface area (Å²) in [4.78, 5) is 0. The Labute approximate surface area is 166 Å². The van der Waals surface area contributed by atoms with E-state index in [2.05, 4.69) is 14.6 Å². The van der Waals surface area contributed by atoms with Crippen LogP contribution in [0.15, 0.2) is 34.7 Å². The van der Waals surface area contributed by atoms with Gasteiger partial charge in [0.25, 0.3) is 0 Å². The van der Waals surface area contributed by atoms with Crippen LogP contribution >= 0.6 is 11.6 Å². The molecule has 0 amide bonds. The molecule has 0 radical (unpaired) electrons. The summed E-state index contributed by atoms with van der Waals surface area (Å²) in [5.74, 6) is 0.380. The van der Waals surface area contributed by atoms with Crippen LogP contribution in [0, 0.1) is 0 Å². The standard InChI is InChI=1S/C18H22ClN3O4S/c1-18(2,3)27(25)22-14(12-6-5-11(26-4)9-15(12)23)10-16(24)13-7-8-17(19)21-20-13/h5-9,16,23-24H,10H2,1-4H3/b22-14+/t16?,27-/m0/s1. The van der Waals surface area contributed by atoms with Gasteiger partial charge in [-0.1, -0.05) is 16.0 Å². The predicted molar refractivity (Wildman–Crippen MR) is 106 cm³/mol. The van der Waals surface area contributed by atoms with Gasteiger partial charge in [-0.2, -0.15) is 5.10 Å². The van der Waals surface area contributed by atoms with Crippen LogP contribution in [0.4, 0.5) is 0 Å². The normalized spacial score (nSPS) is 14.7. The average Bonchev–Trinajstić information content (AvgIpc) is 2.60. The van der Waals surface area contributed by atoms with Gasteiger partial charge in [-0.3, -0.25) is 0 Å². The van der Waals surface area contributed by atoms with Crippen LogP contribution in [0.5, 0.6) is 11.5 Å². The van der Waals surface area contributed by atoms with Gasteiger partial charge >= 0.3 is 0 Å². The summed E-state index contributed by atoms with van der Waals surface area (Å²) in [5, 5.41) is 28.6. The summed E-state index contributed by atoms with van der Waals surface area (Å²) >= 11 is 4.14. The Hall–Kier alpha value is -1.87. The number of halogens is 1. The molecule has 0 aliphatic heterocycles. The average molecular weight is 412 g/mol. The highest BCUT2D eigenvalue weighted by atomic mass is 35.5. The quantitative estimate of drug-likeness (QED) is 0.557. The fourth-order valence-corrected chi connectivity index (χ4v) is 2.86. The van der Waals surface area contributed by atoms with Gasteiger partial charge in [-0.15, -0.1) is 5.10 Å². The first-order valence-corrected chi connectivity index (χ1v) is 9.64. The van der Waals surface area contributed by atoms with Crippen molar-refractivity contribution in [2.24, 2.45) is 4.40 Å². The van der Waals surface area contributed by atoms with Gasteiger partial charge in [-0.05, 0) is 45.0 Å². The fourth-order valence-electron chi connectivity index (χ4n) is 2.11. The van der Waals surface area contributed by atoms with Crippen molar-refractivity contribution in [2.45, 2.75) is 38.0 Å². The number of aromatic nitrogens is 2. The van der Waals surface area contributed by atoms with Crippen molar-refractivity contribution < 1.29 is 19.5 Å². The zero-order valence-corrected chi connectivity index (χ0v) is 17.1. The van der Waals surface area contributed by atoms with Crippen LogP contribution in [0.2, 0.25) is 5.15 Å². The first-order chi connectivity index (χ1) is 12.6. The molecule has 27 heavy (non-hydrogen) atoms. The van der Waals surface area contributed by atoms with Gasteiger partial charge in [-0.25, -0.2) is 0 Å². The van der Waals surface area contributed by atoms with Crippen LogP contribution in [-0.4, -0.2) is 42.5 Å². The topological polar surface area (TPSA) is 111 Å². The number of hydrogen-bond acceptors (Lipinski definition) is 7. The van der Waals surface area contributed by atoms with E-state index in [4.69, 9.17) is 16.3 Å². The number of benzene rings is 1. The number of aromatic hydroxyl groups is 1. The van der Waals surface area contributed by atoms with Crippen LogP contribution in [0.25, 0.3) is 0 Å². The molecule has 2 atom stereocenters. The lowest BCUT2D eigenvalue weighted by atomic mass is 10.0. The van der Waals surface area contributed by atoms with E-state index in [9.17, 15) is 14.8 Å². The number of rotatable bonds is 6. The maximum atomic E-state index is 12.5. The Morgan fingerprint density at radius 3 is 2.52 bits per heavy atom. The summed E-state index contributed by atoms with van der Waals surface area (Å²) in [7, 11) is 1.49. The van der Waals surface area contributed by atoms with E-state index in [1.807, 2.05) is 0 Å². The number of phenols is 1. The highest BCUT2D eigenvalue weighted by molar-refractivity contribution is 7.91. The molecular weight excluding hydrogens is 390 g/mol. The molecular formula is C18H22ClN3O4S. The van der Waals surface area contributed by atoms with Gasteiger partial charge in [0.05, 0.1) is 12.8 Å². The zero-order valence-electron chi connectivity index (χ0n) is 15.5. The maximum absolute atomic E-state index is 12.5. The van der Waals surface area contributed by atoms with Crippen LogP contribution in [-0.2, 0) is 11.4 Å². The van der Waals surface area contributed by atoms with Crippen molar-refractivity contribution in [2.75, 3.05) is 7.11 Å². The number of hydrogen-bond donors (Lipinski definition) is 2. The molecule has 0 fully saturated rings. The summed E-state index contributed by atoms with van der Waals surface area (Å²) in [6.45, 7) is 5.37. The Kier molecular flexibility index (Phi) is 7.05. The smallest absolute Gasteiger partial charge is 0.151 e. The molecule has 2 aromatic rings. The van der Waals surface area contributed by atoms with Crippen molar-refractivity contribution in [1.29, 1.82) is 0 Å². The molecule has 0 spiro atoms. The molecule has 0 bridgehead atoms. The summed E-state index contributed by atoms with van der Waals surface area (Å²) < 4.78 is 21.3. The number of nitrogens with zero attached hydrogens (tertiary/aromatic N) is 3. The van der Waals surface area contributed by atoms with Crippen molar-refractivity contribution in [1.82, 2.24) is 10.2 Å². The number of ether oxygens (including phenoxy) is 1. The van der Waals surface area contributed by atoms with E-state index >= 15 is 0 Å². The molecule has 9 heteroatoms. The van der Waals surface area contributed by atoms with E-state index in [1.54, 1.807) is 39.0 Å². The van der Waals surface area contributed by atoms with Gasteiger partial charge in [0.2, 0.25) is 0 Å². The van der Waals surface area contributed by atoms with E-state index in [0.717, 1.165) is 0 Å². The fraction of sp³-hybridized carbons (Fsp3) is 0.389. The molecule has 146 valence electrons. The van der Waals surface area contributed by atoms with E-state index in [1.165, 1.54) is 19.2 Å². The Bertz CT molecular complexity index is 809. The Morgan fingerprint density at radius 2 is 2.00 bits per heavy atom. The second-order valence-electron chi connectivity index (χ2n) is 6.78. The third-order valence-electron chi connectivity index (χ3n) is 3.61. The minimum absolute atomic E-state index is 0.0159. The van der Waals surface area contributed by atoms with Crippen molar-refractivity contribution in [3.63, 3.8) is 0 Å². The molecule has 1 heterocycles. The Morgan fingerprint density at radius 1 is 1.30 bits per heavy atom. The Balaban J connectivity index is 2.41. The van der Waals surface area contributed by atoms with Gasteiger partial charge in [0, 0.05) is 18.1 Å². The molecule has 2 N–H and O–H groups in total.